The van der Waals surface area contributed by atoms with Gasteiger partial charge in [-0.15, -0.1) is 24.2 Å². The first-order valence-corrected chi connectivity index (χ1v) is 6.85. The zero-order valence-electron chi connectivity index (χ0n) is 10.0. The van der Waals surface area contributed by atoms with Gasteiger partial charge < -0.3 is 5.73 Å². The van der Waals surface area contributed by atoms with E-state index in [1.807, 2.05) is 6.26 Å². The second-order valence-corrected chi connectivity index (χ2v) is 4.81. The molecule has 1 aliphatic rings. The van der Waals surface area contributed by atoms with E-state index in [1.54, 1.807) is 24.2 Å². The van der Waals surface area contributed by atoms with Crippen molar-refractivity contribution in [2.45, 2.75) is 30.5 Å². The average molecular weight is 275 g/mol. The maximum absolute atomic E-state index is 5.77. The smallest absolute Gasteiger partial charge is 0.119 e. The molecule has 1 aliphatic heterocycles. The predicted octanol–water partition coefficient (Wildman–Crippen LogP) is 1.54. The monoisotopic (exact) mass is 274 g/mol. The summed E-state index contributed by atoms with van der Waals surface area (Å²) in [5, 5.41) is 1.03. The number of aromatic nitrogens is 2. The molecule has 1 aromatic heterocycles. The summed E-state index contributed by atoms with van der Waals surface area (Å²) in [5.74, 6) is 0. The van der Waals surface area contributed by atoms with Crippen LogP contribution in [0.2, 0.25) is 0 Å². The highest BCUT2D eigenvalue weighted by Crippen LogP contribution is 2.22. The fourth-order valence-corrected chi connectivity index (χ4v) is 2.71. The number of nitrogens with zero attached hydrogens (tertiary/aromatic N) is 3. The number of nitrogens with two attached hydrogens (primary N) is 1. The summed E-state index contributed by atoms with van der Waals surface area (Å²) in [6, 6.07) is 0.525. The third-order valence-electron chi connectivity index (χ3n) is 3.05. The summed E-state index contributed by atoms with van der Waals surface area (Å²) >= 11 is 1.66. The highest BCUT2D eigenvalue weighted by molar-refractivity contribution is 7.98. The predicted molar refractivity (Wildman–Crippen MR) is 73.5 cm³/mol. The Labute approximate surface area is 113 Å². The third-order valence-corrected chi connectivity index (χ3v) is 3.78. The first-order chi connectivity index (χ1) is 7.85. The van der Waals surface area contributed by atoms with Crippen molar-refractivity contribution in [2.24, 2.45) is 5.73 Å². The molecule has 0 radical (unpaired) electrons. The van der Waals surface area contributed by atoms with Crippen LogP contribution in [0.5, 0.6) is 0 Å². The highest BCUT2D eigenvalue weighted by Gasteiger charge is 2.24. The van der Waals surface area contributed by atoms with Crippen LogP contribution in [0.1, 0.15) is 18.5 Å². The van der Waals surface area contributed by atoms with E-state index in [0.717, 1.165) is 30.4 Å². The molecule has 96 valence electrons. The molecular weight excluding hydrogens is 256 g/mol. The largest absolute Gasteiger partial charge is 0.329 e. The van der Waals surface area contributed by atoms with Crippen molar-refractivity contribution in [3.8, 4) is 0 Å². The number of hydrogen-bond donors (Lipinski definition) is 1. The molecule has 0 spiro atoms. The van der Waals surface area contributed by atoms with Crippen molar-refractivity contribution in [2.75, 3.05) is 19.3 Å². The minimum Gasteiger partial charge on any atom is -0.329 e. The SMILES string of the molecule is CSc1nccnc1CN1CCCC1CN.Cl. The van der Waals surface area contributed by atoms with E-state index in [0.29, 0.717) is 6.04 Å². The lowest BCUT2D eigenvalue weighted by molar-refractivity contribution is 0.245. The highest BCUT2D eigenvalue weighted by atomic mass is 35.5. The van der Waals surface area contributed by atoms with Crippen LogP contribution in [0.25, 0.3) is 0 Å². The number of likely N-dealkylation sites (tertiary alicyclic amines) is 1. The van der Waals surface area contributed by atoms with Crippen LogP contribution in [-0.4, -0.2) is 40.3 Å². The Hall–Kier alpha value is -0.360. The van der Waals surface area contributed by atoms with Crippen molar-refractivity contribution in [1.29, 1.82) is 0 Å². The summed E-state index contributed by atoms with van der Waals surface area (Å²) in [6.07, 6.45) is 8.02. The number of thioether (sulfide) groups is 1. The maximum atomic E-state index is 5.77. The molecule has 1 aromatic rings. The van der Waals surface area contributed by atoms with Crippen molar-refractivity contribution in [3.63, 3.8) is 0 Å². The van der Waals surface area contributed by atoms with Crippen LogP contribution < -0.4 is 5.73 Å². The van der Waals surface area contributed by atoms with Gasteiger partial charge in [0, 0.05) is 31.5 Å². The van der Waals surface area contributed by atoms with E-state index < -0.39 is 0 Å². The second kappa shape index (κ2) is 7.16. The van der Waals surface area contributed by atoms with Crippen LogP contribution in [0, 0.1) is 0 Å². The Kier molecular flexibility index (Phi) is 6.19. The first kappa shape index (κ1) is 14.7. The Morgan fingerprint density at radius 2 is 2.24 bits per heavy atom. The molecule has 1 saturated heterocycles. The van der Waals surface area contributed by atoms with E-state index in [9.17, 15) is 0 Å². The molecule has 1 fully saturated rings. The fraction of sp³-hybridized carbons (Fsp3) is 0.636. The molecule has 2 N–H and O–H groups in total. The van der Waals surface area contributed by atoms with Gasteiger partial charge in [0.1, 0.15) is 5.03 Å². The molecule has 1 atom stereocenters. The summed E-state index contributed by atoms with van der Waals surface area (Å²) in [5.41, 5.74) is 6.84. The summed E-state index contributed by atoms with van der Waals surface area (Å²) in [4.78, 5) is 11.2. The second-order valence-electron chi connectivity index (χ2n) is 4.01. The number of hydrogen-bond acceptors (Lipinski definition) is 5. The van der Waals surface area contributed by atoms with E-state index >= 15 is 0 Å². The molecule has 2 heterocycles. The Balaban J connectivity index is 0.00000144. The number of halogens is 1. The zero-order valence-corrected chi connectivity index (χ0v) is 11.6. The van der Waals surface area contributed by atoms with Gasteiger partial charge in [-0.2, -0.15) is 0 Å². The van der Waals surface area contributed by atoms with Crippen LogP contribution in [0.3, 0.4) is 0 Å². The van der Waals surface area contributed by atoms with E-state index in [2.05, 4.69) is 14.9 Å². The van der Waals surface area contributed by atoms with E-state index in [-0.39, 0.29) is 12.4 Å². The normalized spacial score (nSPS) is 20.2. The average Bonchev–Trinajstić information content (AvgIpc) is 2.77. The van der Waals surface area contributed by atoms with Gasteiger partial charge in [-0.05, 0) is 25.6 Å². The van der Waals surface area contributed by atoms with Crippen LogP contribution >= 0.6 is 24.2 Å². The molecule has 0 bridgehead atoms. The van der Waals surface area contributed by atoms with Gasteiger partial charge in [-0.1, -0.05) is 0 Å². The Morgan fingerprint density at radius 1 is 1.47 bits per heavy atom. The van der Waals surface area contributed by atoms with E-state index in [1.165, 1.54) is 12.8 Å². The molecule has 0 saturated carbocycles. The molecule has 0 amide bonds. The zero-order chi connectivity index (χ0) is 11.4. The summed E-state index contributed by atoms with van der Waals surface area (Å²) in [6.45, 7) is 2.76. The summed E-state index contributed by atoms with van der Waals surface area (Å²) < 4.78 is 0. The molecular formula is C11H19ClN4S. The topological polar surface area (TPSA) is 55.0 Å². The lowest BCUT2D eigenvalue weighted by Gasteiger charge is -2.23. The molecule has 6 heteroatoms. The molecule has 1 unspecified atom stereocenters. The van der Waals surface area contributed by atoms with Crippen molar-refractivity contribution >= 4 is 24.2 Å². The van der Waals surface area contributed by atoms with Crippen LogP contribution in [0.15, 0.2) is 17.4 Å². The molecule has 17 heavy (non-hydrogen) atoms. The van der Waals surface area contributed by atoms with Crippen molar-refractivity contribution in [1.82, 2.24) is 14.9 Å². The van der Waals surface area contributed by atoms with Gasteiger partial charge in [-0.3, -0.25) is 9.88 Å². The van der Waals surface area contributed by atoms with Gasteiger partial charge in [0.2, 0.25) is 0 Å². The van der Waals surface area contributed by atoms with Crippen LogP contribution in [0.4, 0.5) is 0 Å². The van der Waals surface area contributed by atoms with Crippen LogP contribution in [-0.2, 0) is 6.54 Å². The Bertz CT molecular complexity index is 350. The van der Waals surface area contributed by atoms with Gasteiger partial charge in [-0.25, -0.2) is 4.98 Å². The van der Waals surface area contributed by atoms with Gasteiger partial charge in [0.25, 0.3) is 0 Å². The molecule has 2 rings (SSSR count). The number of rotatable bonds is 4. The third kappa shape index (κ3) is 3.55. The summed E-state index contributed by atoms with van der Waals surface area (Å²) in [7, 11) is 0. The quantitative estimate of drug-likeness (QED) is 0.844. The molecule has 4 nitrogen and oxygen atoms in total. The lowest BCUT2D eigenvalue weighted by atomic mass is 10.2. The first-order valence-electron chi connectivity index (χ1n) is 5.63. The Morgan fingerprint density at radius 3 is 2.94 bits per heavy atom. The lowest BCUT2D eigenvalue weighted by Crippen LogP contribution is -2.35. The van der Waals surface area contributed by atoms with Gasteiger partial charge in [0.15, 0.2) is 0 Å². The minimum atomic E-state index is 0. The van der Waals surface area contributed by atoms with Crippen molar-refractivity contribution in [3.05, 3.63) is 18.1 Å². The van der Waals surface area contributed by atoms with Crippen molar-refractivity contribution < 1.29 is 0 Å². The van der Waals surface area contributed by atoms with Gasteiger partial charge >= 0.3 is 0 Å². The minimum absolute atomic E-state index is 0. The fourth-order valence-electron chi connectivity index (χ4n) is 2.20. The standard InChI is InChI=1S/C11H18N4S.ClH/c1-16-11-10(13-4-5-14-11)8-15-6-2-3-9(15)7-12;/h4-5,9H,2-3,6-8,12H2,1H3;1H. The molecule has 0 aliphatic carbocycles. The van der Waals surface area contributed by atoms with Gasteiger partial charge in [0.05, 0.1) is 5.69 Å². The maximum Gasteiger partial charge on any atom is 0.119 e. The van der Waals surface area contributed by atoms with E-state index in [4.69, 9.17) is 5.73 Å². The molecule has 0 aromatic carbocycles.